The van der Waals surface area contributed by atoms with Crippen LogP contribution in [0.15, 0.2) is 18.2 Å². The van der Waals surface area contributed by atoms with Crippen LogP contribution in [0.3, 0.4) is 0 Å². The van der Waals surface area contributed by atoms with Crippen LogP contribution in [0.1, 0.15) is 28.4 Å². The Bertz CT molecular complexity index is 544. The highest BCUT2D eigenvalue weighted by atomic mass is 35.5. The summed E-state index contributed by atoms with van der Waals surface area (Å²) in [5.74, 6) is -1.35. The molecule has 0 aliphatic carbocycles. The minimum absolute atomic E-state index is 0. The van der Waals surface area contributed by atoms with Gasteiger partial charge in [-0.25, -0.2) is 4.79 Å². The topological polar surface area (TPSA) is 43.8 Å². The number of rotatable bonds is 4. The molecule has 0 saturated carbocycles. The van der Waals surface area contributed by atoms with E-state index in [1.165, 1.54) is 12.1 Å². The van der Waals surface area contributed by atoms with E-state index in [1.54, 1.807) is 0 Å². The Kier molecular flexibility index (Phi) is 6.85. The van der Waals surface area contributed by atoms with Gasteiger partial charge in [0.25, 0.3) is 0 Å². The second-order valence-electron chi connectivity index (χ2n) is 5.39. The molecule has 2 rings (SSSR count). The summed E-state index contributed by atoms with van der Waals surface area (Å²) in [4.78, 5) is 15.1. The quantitative estimate of drug-likeness (QED) is 0.904. The van der Waals surface area contributed by atoms with Gasteiger partial charge in [0.2, 0.25) is 0 Å². The van der Waals surface area contributed by atoms with Crippen LogP contribution in [0.4, 0.5) is 13.2 Å². The summed E-state index contributed by atoms with van der Waals surface area (Å²) in [7, 11) is 0. The minimum atomic E-state index is -4.55. The third-order valence-corrected chi connectivity index (χ3v) is 3.97. The normalized spacial score (nSPS) is 16.9. The van der Waals surface area contributed by atoms with E-state index in [2.05, 4.69) is 11.8 Å². The van der Waals surface area contributed by atoms with E-state index in [9.17, 15) is 18.0 Å². The first-order chi connectivity index (χ1) is 10.3. The molecule has 1 aliphatic heterocycles. The van der Waals surface area contributed by atoms with Crippen molar-refractivity contribution in [3.8, 4) is 0 Å². The summed E-state index contributed by atoms with van der Waals surface area (Å²) in [6.07, 6.45) is -4.55. The summed E-state index contributed by atoms with van der Waals surface area (Å²) in [5, 5.41) is 8.86. The molecule has 0 atom stereocenters. The maximum atomic E-state index is 13.1. The highest BCUT2D eigenvalue weighted by Gasteiger charge is 2.34. The fourth-order valence-electron chi connectivity index (χ4n) is 2.62. The van der Waals surface area contributed by atoms with Crippen LogP contribution in [0, 0.1) is 0 Å². The van der Waals surface area contributed by atoms with Crippen LogP contribution < -0.4 is 0 Å². The van der Waals surface area contributed by atoms with E-state index in [-0.39, 0.29) is 30.1 Å². The van der Waals surface area contributed by atoms with Crippen molar-refractivity contribution in [3.63, 3.8) is 0 Å². The molecule has 0 unspecified atom stereocenters. The van der Waals surface area contributed by atoms with E-state index in [1.807, 2.05) is 4.90 Å². The Balaban J connectivity index is 0.00000264. The van der Waals surface area contributed by atoms with Crippen molar-refractivity contribution in [2.45, 2.75) is 19.6 Å². The molecule has 0 aromatic heterocycles. The molecule has 8 heteroatoms. The zero-order valence-electron chi connectivity index (χ0n) is 12.8. The van der Waals surface area contributed by atoms with Gasteiger partial charge in [0.1, 0.15) is 0 Å². The standard InChI is InChI=1S/C15H19F3N2O2.ClH/c1-2-19-5-7-20(8-6-19)10-12-4-3-11(14(21)22)9-13(12)15(16,17)18;/h3-4,9H,2,5-8,10H2,1H3,(H,21,22);1H. The zero-order chi connectivity index (χ0) is 16.3. The van der Waals surface area contributed by atoms with E-state index >= 15 is 0 Å². The zero-order valence-corrected chi connectivity index (χ0v) is 13.6. The van der Waals surface area contributed by atoms with Crippen molar-refractivity contribution in [3.05, 3.63) is 34.9 Å². The number of carbonyl (C=O) groups is 1. The molecular weight excluding hydrogens is 333 g/mol. The Morgan fingerprint density at radius 3 is 2.22 bits per heavy atom. The predicted molar refractivity (Wildman–Crippen MR) is 83.0 cm³/mol. The molecule has 1 N–H and O–H groups in total. The maximum absolute atomic E-state index is 13.1. The van der Waals surface area contributed by atoms with Gasteiger partial charge in [-0.2, -0.15) is 13.2 Å². The maximum Gasteiger partial charge on any atom is 0.416 e. The molecule has 4 nitrogen and oxygen atoms in total. The molecule has 23 heavy (non-hydrogen) atoms. The minimum Gasteiger partial charge on any atom is -0.478 e. The number of alkyl halides is 3. The number of aromatic carboxylic acids is 1. The van der Waals surface area contributed by atoms with Crippen molar-refractivity contribution in [1.82, 2.24) is 9.80 Å². The van der Waals surface area contributed by atoms with Crippen LogP contribution in [0.5, 0.6) is 0 Å². The Hall–Kier alpha value is -1.31. The average Bonchev–Trinajstić information content (AvgIpc) is 2.47. The first-order valence-corrected chi connectivity index (χ1v) is 7.19. The second kappa shape index (κ2) is 7.99. The number of likely N-dealkylation sites (N-methyl/N-ethyl adjacent to an activating group) is 1. The molecule has 1 aromatic carbocycles. The summed E-state index contributed by atoms with van der Waals surface area (Å²) in [6.45, 7) is 6.29. The molecule has 1 heterocycles. The summed E-state index contributed by atoms with van der Waals surface area (Å²) >= 11 is 0. The summed E-state index contributed by atoms with van der Waals surface area (Å²) in [5.41, 5.74) is -1.07. The third-order valence-electron chi connectivity index (χ3n) is 3.97. The monoisotopic (exact) mass is 352 g/mol. The van der Waals surface area contributed by atoms with Crippen molar-refractivity contribution < 1.29 is 23.1 Å². The Morgan fingerprint density at radius 2 is 1.74 bits per heavy atom. The highest BCUT2D eigenvalue weighted by molar-refractivity contribution is 5.88. The second-order valence-corrected chi connectivity index (χ2v) is 5.39. The van der Waals surface area contributed by atoms with E-state index in [0.717, 1.165) is 25.7 Å². The van der Waals surface area contributed by atoms with E-state index < -0.39 is 17.7 Å². The van der Waals surface area contributed by atoms with E-state index in [4.69, 9.17) is 5.11 Å². The molecule has 0 bridgehead atoms. The molecule has 130 valence electrons. The molecule has 1 fully saturated rings. The van der Waals surface area contributed by atoms with Crippen LogP contribution in [0.2, 0.25) is 0 Å². The number of piperazine rings is 1. The van der Waals surface area contributed by atoms with Gasteiger partial charge < -0.3 is 10.0 Å². The average molecular weight is 353 g/mol. The van der Waals surface area contributed by atoms with Gasteiger partial charge in [-0.05, 0) is 24.2 Å². The molecule has 1 aromatic rings. The third kappa shape index (κ3) is 5.09. The summed E-state index contributed by atoms with van der Waals surface area (Å²) < 4.78 is 39.4. The molecule has 0 spiro atoms. The SMILES string of the molecule is CCN1CCN(Cc2ccc(C(=O)O)cc2C(F)(F)F)CC1.Cl. The molecular formula is C15H20ClF3N2O2. The fraction of sp³-hybridized carbons (Fsp3) is 0.533. The van der Waals surface area contributed by atoms with Crippen molar-refractivity contribution >= 4 is 18.4 Å². The lowest BCUT2D eigenvalue weighted by Crippen LogP contribution is -2.45. The molecule has 0 amide bonds. The highest BCUT2D eigenvalue weighted by Crippen LogP contribution is 2.33. The summed E-state index contributed by atoms with van der Waals surface area (Å²) in [6, 6.07) is 3.23. The van der Waals surface area contributed by atoms with Gasteiger partial charge in [0, 0.05) is 32.7 Å². The van der Waals surface area contributed by atoms with Crippen molar-refractivity contribution in [2.75, 3.05) is 32.7 Å². The predicted octanol–water partition coefficient (Wildman–Crippen LogP) is 2.96. The molecule has 1 aliphatic rings. The van der Waals surface area contributed by atoms with Gasteiger partial charge in [-0.15, -0.1) is 12.4 Å². The number of hydrogen-bond acceptors (Lipinski definition) is 3. The van der Waals surface area contributed by atoms with Crippen LogP contribution in [-0.2, 0) is 12.7 Å². The number of nitrogens with zero attached hydrogens (tertiary/aromatic N) is 2. The van der Waals surface area contributed by atoms with Gasteiger partial charge >= 0.3 is 12.1 Å². The number of carboxylic acid groups (broad SMARTS) is 1. The van der Waals surface area contributed by atoms with Gasteiger partial charge in [-0.1, -0.05) is 13.0 Å². The largest absolute Gasteiger partial charge is 0.478 e. The Labute approximate surface area is 139 Å². The molecule has 1 saturated heterocycles. The van der Waals surface area contributed by atoms with Gasteiger partial charge in [0.15, 0.2) is 0 Å². The van der Waals surface area contributed by atoms with Crippen LogP contribution >= 0.6 is 12.4 Å². The van der Waals surface area contributed by atoms with Gasteiger partial charge in [0.05, 0.1) is 11.1 Å². The van der Waals surface area contributed by atoms with E-state index in [0.29, 0.717) is 13.1 Å². The smallest absolute Gasteiger partial charge is 0.416 e. The van der Waals surface area contributed by atoms with Crippen LogP contribution in [-0.4, -0.2) is 53.6 Å². The van der Waals surface area contributed by atoms with Crippen LogP contribution in [0.25, 0.3) is 0 Å². The number of halogens is 4. The number of hydrogen-bond donors (Lipinski definition) is 1. The lowest BCUT2D eigenvalue weighted by molar-refractivity contribution is -0.138. The first kappa shape index (κ1) is 19.7. The Morgan fingerprint density at radius 1 is 1.17 bits per heavy atom. The number of benzene rings is 1. The molecule has 0 radical (unpaired) electrons. The van der Waals surface area contributed by atoms with Crippen molar-refractivity contribution in [1.29, 1.82) is 0 Å². The first-order valence-electron chi connectivity index (χ1n) is 7.19. The lowest BCUT2D eigenvalue weighted by atomic mass is 10.0. The fourth-order valence-corrected chi connectivity index (χ4v) is 2.62. The van der Waals surface area contributed by atoms with Gasteiger partial charge in [-0.3, -0.25) is 4.90 Å². The number of carboxylic acids is 1. The lowest BCUT2D eigenvalue weighted by Gasteiger charge is -2.34. The van der Waals surface area contributed by atoms with Crippen molar-refractivity contribution in [2.24, 2.45) is 0 Å².